The van der Waals surface area contributed by atoms with Crippen LogP contribution in [0.3, 0.4) is 0 Å². The Hall–Kier alpha value is -1.82. The summed E-state index contributed by atoms with van der Waals surface area (Å²) in [6.45, 7) is 7.01. The smallest absolute Gasteiger partial charge is 0.288 e. The molecule has 0 N–H and O–H groups in total. The van der Waals surface area contributed by atoms with Gasteiger partial charge in [0.05, 0.1) is 12.9 Å². The molecule has 2 atom stereocenters. The number of carbonyl (C=O) groups excluding carboxylic acids is 1. The number of hydrogen-bond acceptors (Lipinski definition) is 3. The van der Waals surface area contributed by atoms with Gasteiger partial charge < -0.3 is 14.2 Å². The molecule has 0 saturated heterocycles. The summed E-state index contributed by atoms with van der Waals surface area (Å²) in [5.74, 6) is 1.42. The van der Waals surface area contributed by atoms with E-state index in [1.807, 2.05) is 24.3 Å². The lowest BCUT2D eigenvalue weighted by atomic mass is 9.78. The molecule has 0 fully saturated rings. The molecule has 1 amide bonds. The van der Waals surface area contributed by atoms with Crippen molar-refractivity contribution in [3.05, 3.63) is 52.8 Å². The molecule has 0 aromatic carbocycles. The van der Waals surface area contributed by atoms with Crippen LogP contribution in [0.25, 0.3) is 0 Å². The second-order valence-corrected chi connectivity index (χ2v) is 8.73. The van der Waals surface area contributed by atoms with Crippen molar-refractivity contribution in [2.45, 2.75) is 52.5 Å². The van der Waals surface area contributed by atoms with E-state index in [1.54, 1.807) is 6.20 Å². The quantitative estimate of drug-likeness (QED) is 0.542. The number of aryl methyl sites for hydroxylation is 1. The van der Waals surface area contributed by atoms with Gasteiger partial charge in [0.1, 0.15) is 0 Å². The Bertz CT molecular complexity index is 767. The maximum absolute atomic E-state index is 13.2. The summed E-state index contributed by atoms with van der Waals surface area (Å²) in [6, 6.07) is 0. The van der Waals surface area contributed by atoms with Gasteiger partial charge >= 0.3 is 0 Å². The van der Waals surface area contributed by atoms with Crippen LogP contribution in [0.2, 0.25) is 0 Å². The van der Waals surface area contributed by atoms with Crippen molar-refractivity contribution in [1.29, 1.82) is 0 Å². The predicted octanol–water partition coefficient (Wildman–Crippen LogP) is 5.07. The van der Waals surface area contributed by atoms with Crippen molar-refractivity contribution in [2.75, 3.05) is 19.7 Å². The van der Waals surface area contributed by atoms with Crippen LogP contribution in [0.15, 0.2) is 52.8 Å². The lowest BCUT2D eigenvalue weighted by Gasteiger charge is -2.39. The summed E-state index contributed by atoms with van der Waals surface area (Å²) in [6.07, 6.45) is 17.3. The number of halogens is 1. The molecule has 2 unspecified atom stereocenters. The van der Waals surface area contributed by atoms with Gasteiger partial charge in [-0.05, 0) is 55.0 Å². The first-order valence-electron chi connectivity index (χ1n) is 10.8. The van der Waals surface area contributed by atoms with E-state index in [4.69, 9.17) is 4.74 Å². The average molecular weight is 462 g/mol. The first kappa shape index (κ1) is 21.9. The number of ether oxygens (including phenoxy) is 1. The van der Waals surface area contributed by atoms with Crippen LogP contribution in [0.1, 0.15) is 46.0 Å². The van der Waals surface area contributed by atoms with Crippen LogP contribution in [0.4, 0.5) is 0 Å². The summed E-state index contributed by atoms with van der Waals surface area (Å²) in [5.41, 5.74) is 1.20. The van der Waals surface area contributed by atoms with Crippen LogP contribution in [-0.4, -0.2) is 40.1 Å². The van der Waals surface area contributed by atoms with Crippen LogP contribution in [0, 0.1) is 11.8 Å². The van der Waals surface area contributed by atoms with E-state index in [2.05, 4.69) is 50.6 Å². The summed E-state index contributed by atoms with van der Waals surface area (Å²) in [7, 11) is 0. The van der Waals surface area contributed by atoms with Crippen LogP contribution in [-0.2, 0) is 16.1 Å². The molecule has 6 heteroatoms. The maximum atomic E-state index is 13.2. The third-order valence-corrected chi connectivity index (χ3v) is 6.48. The van der Waals surface area contributed by atoms with E-state index in [1.165, 1.54) is 10.1 Å². The molecule has 1 aliphatic heterocycles. The first-order chi connectivity index (χ1) is 14.1. The third-order valence-electron chi connectivity index (χ3n) is 5.82. The number of allylic oxidation sites excluding steroid dienone is 4. The highest BCUT2D eigenvalue weighted by Gasteiger charge is 2.37. The molecule has 0 radical (unpaired) electrons. The lowest BCUT2D eigenvalue weighted by molar-refractivity contribution is -0.133. The second-order valence-electron chi connectivity index (χ2n) is 7.71. The van der Waals surface area contributed by atoms with Gasteiger partial charge in [0, 0.05) is 37.9 Å². The summed E-state index contributed by atoms with van der Waals surface area (Å²) < 4.78 is 9.22. The van der Waals surface area contributed by atoms with E-state index < -0.39 is 0 Å². The van der Waals surface area contributed by atoms with Gasteiger partial charge in [-0.15, -0.1) is 0 Å². The minimum atomic E-state index is 0.0584. The van der Waals surface area contributed by atoms with Gasteiger partial charge in [-0.3, -0.25) is 4.79 Å². The molecular weight excluding hydrogens is 430 g/mol. The fourth-order valence-corrected chi connectivity index (χ4v) is 4.81. The van der Waals surface area contributed by atoms with Gasteiger partial charge in [0.2, 0.25) is 0 Å². The normalized spacial score (nSPS) is 26.0. The number of hydrogen-bond donors (Lipinski definition) is 0. The van der Waals surface area contributed by atoms with E-state index in [0.29, 0.717) is 24.2 Å². The standard InChI is InChI=1S/C23H32BrN3O2/c1-3-20-21(18-8-5-10-19(24)11-6-9-18)16-27(23(28)22(20)29-4-2)14-7-13-26-15-12-25-17-26/h5,8,10,12,15,17-18,21H,3-4,6-7,9,11,13-14,16H2,1-2H3/b8-5-,19-10+. The van der Waals surface area contributed by atoms with E-state index in [9.17, 15) is 4.79 Å². The monoisotopic (exact) mass is 461 g/mol. The fourth-order valence-electron chi connectivity index (χ4n) is 4.38. The zero-order valence-corrected chi connectivity index (χ0v) is 19.1. The Morgan fingerprint density at radius 3 is 2.90 bits per heavy atom. The molecular formula is C23H32BrN3O2. The third kappa shape index (κ3) is 5.62. The fraction of sp³-hybridized carbons (Fsp3) is 0.565. The number of amides is 1. The molecule has 2 aliphatic rings. The second kappa shape index (κ2) is 10.8. The van der Waals surface area contributed by atoms with E-state index in [-0.39, 0.29) is 5.91 Å². The number of carbonyl (C=O) groups is 1. The molecule has 29 heavy (non-hydrogen) atoms. The topological polar surface area (TPSA) is 47.4 Å². The lowest BCUT2D eigenvalue weighted by Crippen LogP contribution is -2.45. The summed E-state index contributed by atoms with van der Waals surface area (Å²) in [5, 5.41) is 0. The first-order valence-corrected chi connectivity index (χ1v) is 11.6. The van der Waals surface area contributed by atoms with Gasteiger partial charge in [0.25, 0.3) is 5.91 Å². The van der Waals surface area contributed by atoms with Crippen LogP contribution < -0.4 is 0 Å². The minimum absolute atomic E-state index is 0.0584. The summed E-state index contributed by atoms with van der Waals surface area (Å²) in [4.78, 5) is 19.3. The van der Waals surface area contributed by atoms with E-state index >= 15 is 0 Å². The molecule has 2 heterocycles. The van der Waals surface area contributed by atoms with Crippen molar-refractivity contribution in [1.82, 2.24) is 14.5 Å². The minimum Gasteiger partial charge on any atom is -0.488 e. The van der Waals surface area contributed by atoms with Crippen molar-refractivity contribution in [3.8, 4) is 0 Å². The van der Waals surface area contributed by atoms with Crippen molar-refractivity contribution in [3.63, 3.8) is 0 Å². The number of imidazole rings is 1. The van der Waals surface area contributed by atoms with Crippen molar-refractivity contribution < 1.29 is 9.53 Å². The zero-order valence-electron chi connectivity index (χ0n) is 17.5. The molecule has 0 bridgehead atoms. The molecule has 1 aromatic heterocycles. The van der Waals surface area contributed by atoms with Gasteiger partial charge in [-0.2, -0.15) is 0 Å². The Labute approximate surface area is 182 Å². The highest BCUT2D eigenvalue weighted by atomic mass is 79.9. The molecule has 1 aliphatic carbocycles. The van der Waals surface area contributed by atoms with Gasteiger partial charge in [-0.25, -0.2) is 4.98 Å². The zero-order chi connectivity index (χ0) is 20.6. The maximum Gasteiger partial charge on any atom is 0.288 e. The molecule has 0 spiro atoms. The molecule has 3 rings (SSSR count). The summed E-state index contributed by atoms with van der Waals surface area (Å²) >= 11 is 3.63. The predicted molar refractivity (Wildman–Crippen MR) is 119 cm³/mol. The molecule has 0 saturated carbocycles. The highest BCUT2D eigenvalue weighted by molar-refractivity contribution is 9.11. The number of aromatic nitrogens is 2. The average Bonchev–Trinajstić information content (AvgIpc) is 3.21. The van der Waals surface area contributed by atoms with Gasteiger partial charge in [0.15, 0.2) is 5.76 Å². The Morgan fingerprint density at radius 2 is 2.17 bits per heavy atom. The molecule has 158 valence electrons. The van der Waals surface area contributed by atoms with Crippen molar-refractivity contribution in [2.24, 2.45) is 11.8 Å². The van der Waals surface area contributed by atoms with Crippen LogP contribution in [0.5, 0.6) is 0 Å². The highest BCUT2D eigenvalue weighted by Crippen LogP contribution is 2.37. The number of rotatable bonds is 8. The Balaban J connectivity index is 1.79. The Kier molecular flexibility index (Phi) is 8.16. The van der Waals surface area contributed by atoms with Crippen LogP contribution >= 0.6 is 15.9 Å². The Morgan fingerprint density at radius 1 is 1.31 bits per heavy atom. The SMILES string of the molecule is CCOC1=C(CC)C(C2/C=C\C=C(\Br)CCC2)CN(CCCn2ccnc2)C1=O. The van der Waals surface area contributed by atoms with Crippen molar-refractivity contribution >= 4 is 21.8 Å². The van der Waals surface area contributed by atoms with E-state index in [0.717, 1.165) is 51.7 Å². The molecule has 1 aromatic rings. The van der Waals surface area contributed by atoms with Gasteiger partial charge in [-0.1, -0.05) is 41.1 Å². The molecule has 5 nitrogen and oxygen atoms in total. The number of nitrogens with zero attached hydrogens (tertiary/aromatic N) is 3. The largest absolute Gasteiger partial charge is 0.488 e.